The van der Waals surface area contributed by atoms with E-state index in [-0.39, 0.29) is 24.4 Å². The van der Waals surface area contributed by atoms with E-state index >= 15 is 0 Å². The molecular weight excluding hydrogens is 350 g/mol. The Labute approximate surface area is 152 Å². The van der Waals surface area contributed by atoms with Crippen molar-refractivity contribution >= 4 is 28.3 Å². The van der Waals surface area contributed by atoms with Crippen molar-refractivity contribution in [1.82, 2.24) is 14.9 Å². The third-order valence-corrected chi connectivity index (χ3v) is 6.46. The van der Waals surface area contributed by atoms with Gasteiger partial charge in [-0.3, -0.25) is 4.79 Å². The minimum atomic E-state index is -3.52. The van der Waals surface area contributed by atoms with Crippen LogP contribution >= 0.6 is 12.4 Å². The molecule has 0 aromatic carbocycles. The first-order valence-corrected chi connectivity index (χ1v) is 10.5. The van der Waals surface area contributed by atoms with Crippen LogP contribution in [0.3, 0.4) is 0 Å². The summed E-state index contributed by atoms with van der Waals surface area (Å²) in [6, 6.07) is 0.00497. The SMILES string of the molecule is CNCC1CCN(C(=O)CS(=O)(=O)NC2CCC(C)CC2)CC1.Cl. The Morgan fingerprint density at radius 3 is 2.21 bits per heavy atom. The fourth-order valence-electron chi connectivity index (χ4n) is 3.60. The second-order valence-corrected chi connectivity index (χ2v) is 8.97. The quantitative estimate of drug-likeness (QED) is 0.728. The van der Waals surface area contributed by atoms with Crippen molar-refractivity contribution in [2.75, 3.05) is 32.4 Å². The number of hydrogen-bond acceptors (Lipinski definition) is 4. The van der Waals surface area contributed by atoms with Crippen LogP contribution in [0.25, 0.3) is 0 Å². The van der Waals surface area contributed by atoms with E-state index in [1.165, 1.54) is 0 Å². The molecule has 0 radical (unpaired) electrons. The molecule has 2 aliphatic rings. The largest absolute Gasteiger partial charge is 0.342 e. The Bertz CT molecular complexity index is 485. The van der Waals surface area contributed by atoms with Gasteiger partial charge in [0, 0.05) is 19.1 Å². The molecule has 0 bridgehead atoms. The number of sulfonamides is 1. The minimum Gasteiger partial charge on any atom is -0.342 e. The van der Waals surface area contributed by atoms with Gasteiger partial charge in [0.15, 0.2) is 0 Å². The maximum Gasteiger partial charge on any atom is 0.239 e. The molecule has 8 heteroatoms. The van der Waals surface area contributed by atoms with Gasteiger partial charge in [-0.2, -0.15) is 0 Å². The molecule has 142 valence electrons. The zero-order chi connectivity index (χ0) is 16.9. The molecular formula is C16H32ClN3O3S. The van der Waals surface area contributed by atoms with Crippen LogP contribution in [0.1, 0.15) is 45.4 Å². The van der Waals surface area contributed by atoms with Crippen LogP contribution in [0.2, 0.25) is 0 Å². The molecule has 24 heavy (non-hydrogen) atoms. The predicted octanol–water partition coefficient (Wildman–Crippen LogP) is 1.36. The lowest BCUT2D eigenvalue weighted by molar-refractivity contribution is -0.129. The standard InChI is InChI=1S/C16H31N3O3S.ClH/c1-13-3-5-15(6-4-13)18-23(21,22)12-16(20)19-9-7-14(8-10-19)11-17-2;/h13-15,17-18H,3-12H2,1-2H3;1H. The van der Waals surface area contributed by atoms with Crippen molar-refractivity contribution in [2.45, 2.75) is 51.5 Å². The highest BCUT2D eigenvalue weighted by Gasteiger charge is 2.28. The lowest BCUT2D eigenvalue weighted by Gasteiger charge is -2.32. The summed E-state index contributed by atoms with van der Waals surface area (Å²) in [4.78, 5) is 14.0. The third kappa shape index (κ3) is 6.86. The highest BCUT2D eigenvalue weighted by molar-refractivity contribution is 7.90. The van der Waals surface area contributed by atoms with E-state index in [4.69, 9.17) is 0 Å². The lowest BCUT2D eigenvalue weighted by Crippen LogP contribution is -2.46. The molecule has 1 amide bonds. The fraction of sp³-hybridized carbons (Fsp3) is 0.938. The van der Waals surface area contributed by atoms with Gasteiger partial charge in [-0.1, -0.05) is 6.92 Å². The summed E-state index contributed by atoms with van der Waals surface area (Å²) in [5, 5.41) is 3.16. The number of halogens is 1. The molecule has 1 saturated carbocycles. The molecule has 2 rings (SSSR count). The van der Waals surface area contributed by atoms with Crippen LogP contribution in [0.5, 0.6) is 0 Å². The van der Waals surface area contributed by atoms with Gasteiger partial charge in [0.05, 0.1) is 0 Å². The summed E-state index contributed by atoms with van der Waals surface area (Å²) < 4.78 is 27.2. The van der Waals surface area contributed by atoms with Crippen molar-refractivity contribution in [3.63, 3.8) is 0 Å². The Kier molecular flexibility index (Phi) is 8.98. The predicted molar refractivity (Wildman–Crippen MR) is 98.8 cm³/mol. The van der Waals surface area contributed by atoms with Gasteiger partial charge < -0.3 is 10.2 Å². The molecule has 1 heterocycles. The summed E-state index contributed by atoms with van der Waals surface area (Å²) in [5.41, 5.74) is 0. The van der Waals surface area contributed by atoms with Crippen LogP contribution in [0.4, 0.5) is 0 Å². The van der Waals surface area contributed by atoms with Gasteiger partial charge >= 0.3 is 0 Å². The number of carbonyl (C=O) groups is 1. The molecule has 2 N–H and O–H groups in total. The van der Waals surface area contributed by atoms with E-state index in [9.17, 15) is 13.2 Å². The maximum atomic E-state index is 12.3. The van der Waals surface area contributed by atoms with Crippen molar-refractivity contribution in [2.24, 2.45) is 11.8 Å². The number of nitrogens with one attached hydrogen (secondary N) is 2. The van der Waals surface area contributed by atoms with Crippen LogP contribution in [-0.2, 0) is 14.8 Å². The average molecular weight is 382 g/mol. The van der Waals surface area contributed by atoms with E-state index in [1.54, 1.807) is 4.90 Å². The Balaban J connectivity index is 0.00000288. The van der Waals surface area contributed by atoms with Crippen molar-refractivity contribution in [3.8, 4) is 0 Å². The van der Waals surface area contributed by atoms with Gasteiger partial charge in [-0.15, -0.1) is 12.4 Å². The summed E-state index contributed by atoms with van der Waals surface area (Å²) in [6.45, 7) is 4.50. The molecule has 0 atom stereocenters. The normalized spacial score (nSPS) is 26.0. The second kappa shape index (κ2) is 9.94. The number of carbonyl (C=O) groups excluding carboxylic acids is 1. The molecule has 0 aromatic heterocycles. The summed E-state index contributed by atoms with van der Waals surface area (Å²) in [5.74, 6) is 0.597. The van der Waals surface area contributed by atoms with E-state index in [0.717, 1.165) is 45.1 Å². The van der Waals surface area contributed by atoms with E-state index < -0.39 is 15.8 Å². The smallest absolute Gasteiger partial charge is 0.239 e. The average Bonchev–Trinajstić information content (AvgIpc) is 2.50. The van der Waals surface area contributed by atoms with Gasteiger partial charge in [-0.05, 0) is 64.0 Å². The topological polar surface area (TPSA) is 78.5 Å². The Morgan fingerprint density at radius 2 is 1.67 bits per heavy atom. The van der Waals surface area contributed by atoms with Crippen molar-refractivity contribution in [3.05, 3.63) is 0 Å². The van der Waals surface area contributed by atoms with Crippen LogP contribution in [0.15, 0.2) is 0 Å². The second-order valence-electron chi connectivity index (χ2n) is 7.22. The monoisotopic (exact) mass is 381 g/mol. The number of nitrogens with zero attached hydrogens (tertiary/aromatic N) is 1. The van der Waals surface area contributed by atoms with Gasteiger partial charge in [0.25, 0.3) is 0 Å². The summed E-state index contributed by atoms with van der Waals surface area (Å²) in [6.07, 6.45) is 5.76. The van der Waals surface area contributed by atoms with Crippen molar-refractivity contribution < 1.29 is 13.2 Å². The zero-order valence-electron chi connectivity index (χ0n) is 14.8. The molecule has 1 saturated heterocycles. The minimum absolute atomic E-state index is 0. The lowest BCUT2D eigenvalue weighted by atomic mass is 9.88. The van der Waals surface area contributed by atoms with Crippen LogP contribution in [-0.4, -0.2) is 57.7 Å². The van der Waals surface area contributed by atoms with Crippen LogP contribution < -0.4 is 10.0 Å². The summed E-state index contributed by atoms with van der Waals surface area (Å²) >= 11 is 0. The van der Waals surface area contributed by atoms with Crippen molar-refractivity contribution in [1.29, 1.82) is 0 Å². The molecule has 0 unspecified atom stereocenters. The van der Waals surface area contributed by atoms with Gasteiger partial charge in [0.2, 0.25) is 15.9 Å². The molecule has 0 aromatic rings. The fourth-order valence-corrected chi connectivity index (χ4v) is 4.94. The Hall–Kier alpha value is -0.370. The molecule has 1 aliphatic carbocycles. The number of likely N-dealkylation sites (tertiary alicyclic amines) is 1. The van der Waals surface area contributed by atoms with Crippen LogP contribution in [0, 0.1) is 11.8 Å². The first-order valence-electron chi connectivity index (χ1n) is 8.82. The first kappa shape index (κ1) is 21.7. The number of piperidine rings is 1. The third-order valence-electron chi connectivity index (χ3n) is 5.14. The summed E-state index contributed by atoms with van der Waals surface area (Å²) in [7, 11) is -1.59. The van der Waals surface area contributed by atoms with E-state index in [2.05, 4.69) is 17.0 Å². The van der Waals surface area contributed by atoms with Gasteiger partial charge in [-0.25, -0.2) is 13.1 Å². The number of amides is 1. The highest BCUT2D eigenvalue weighted by atomic mass is 35.5. The maximum absolute atomic E-state index is 12.3. The zero-order valence-corrected chi connectivity index (χ0v) is 16.4. The van der Waals surface area contributed by atoms with E-state index in [0.29, 0.717) is 24.9 Å². The molecule has 0 spiro atoms. The highest BCUT2D eigenvalue weighted by Crippen LogP contribution is 2.24. The first-order chi connectivity index (χ1) is 10.9. The molecule has 2 fully saturated rings. The Morgan fingerprint density at radius 1 is 1.08 bits per heavy atom. The molecule has 6 nitrogen and oxygen atoms in total. The van der Waals surface area contributed by atoms with E-state index in [1.807, 2.05) is 7.05 Å². The van der Waals surface area contributed by atoms with Gasteiger partial charge in [0.1, 0.15) is 5.75 Å². The number of rotatable bonds is 6. The molecule has 1 aliphatic heterocycles. The number of hydrogen-bond donors (Lipinski definition) is 2.